The fraction of sp³-hybridized carbons (Fsp3) is 0.0500. The summed E-state index contributed by atoms with van der Waals surface area (Å²) in [5.41, 5.74) is 10.3. The SMILES string of the molecule is Cc1ncnc2ccc(-c3ccc(N)nc3-c3ccccc3F)cc12. The Labute approximate surface area is 144 Å². The molecule has 122 valence electrons. The molecule has 2 heterocycles. The number of aromatic nitrogens is 3. The summed E-state index contributed by atoms with van der Waals surface area (Å²) in [4.78, 5) is 12.9. The number of pyridine rings is 1. The van der Waals surface area contributed by atoms with E-state index in [1.807, 2.05) is 31.2 Å². The molecule has 5 heteroatoms. The fourth-order valence-electron chi connectivity index (χ4n) is 2.92. The zero-order valence-electron chi connectivity index (χ0n) is 13.6. The lowest BCUT2D eigenvalue weighted by Gasteiger charge is -2.12. The van der Waals surface area contributed by atoms with Gasteiger partial charge in [-0.15, -0.1) is 0 Å². The number of rotatable bonds is 2. The highest BCUT2D eigenvalue weighted by molar-refractivity contribution is 5.89. The Balaban J connectivity index is 1.98. The minimum Gasteiger partial charge on any atom is -0.384 e. The largest absolute Gasteiger partial charge is 0.384 e. The van der Waals surface area contributed by atoms with Gasteiger partial charge in [0.25, 0.3) is 0 Å². The Kier molecular flexibility index (Phi) is 3.61. The highest BCUT2D eigenvalue weighted by Crippen LogP contribution is 2.34. The highest BCUT2D eigenvalue weighted by atomic mass is 19.1. The third-order valence-corrected chi connectivity index (χ3v) is 4.19. The van der Waals surface area contributed by atoms with Crippen molar-refractivity contribution in [2.45, 2.75) is 6.92 Å². The lowest BCUT2D eigenvalue weighted by atomic mass is 9.97. The first-order chi connectivity index (χ1) is 12.1. The quantitative estimate of drug-likeness (QED) is 0.592. The summed E-state index contributed by atoms with van der Waals surface area (Å²) in [6, 6.07) is 16.0. The minimum absolute atomic E-state index is 0.331. The van der Waals surface area contributed by atoms with Gasteiger partial charge >= 0.3 is 0 Å². The molecule has 0 saturated heterocycles. The molecule has 0 unspecified atom stereocenters. The van der Waals surface area contributed by atoms with E-state index in [1.165, 1.54) is 6.07 Å². The third kappa shape index (κ3) is 2.70. The molecule has 0 fully saturated rings. The molecule has 2 aromatic heterocycles. The maximum atomic E-state index is 14.3. The molecule has 0 aliphatic carbocycles. The van der Waals surface area contributed by atoms with Crippen LogP contribution in [0.4, 0.5) is 10.2 Å². The van der Waals surface area contributed by atoms with Gasteiger partial charge in [0.1, 0.15) is 18.0 Å². The number of aryl methyl sites for hydroxylation is 1. The van der Waals surface area contributed by atoms with E-state index in [0.29, 0.717) is 17.1 Å². The molecule has 0 saturated carbocycles. The van der Waals surface area contributed by atoms with Crippen molar-refractivity contribution in [1.82, 2.24) is 15.0 Å². The van der Waals surface area contributed by atoms with Gasteiger partial charge in [-0.2, -0.15) is 0 Å². The van der Waals surface area contributed by atoms with E-state index >= 15 is 0 Å². The van der Waals surface area contributed by atoms with Crippen molar-refractivity contribution >= 4 is 16.7 Å². The second-order valence-corrected chi connectivity index (χ2v) is 5.80. The van der Waals surface area contributed by atoms with E-state index in [9.17, 15) is 4.39 Å². The summed E-state index contributed by atoms with van der Waals surface area (Å²) in [6.07, 6.45) is 1.55. The van der Waals surface area contributed by atoms with Gasteiger partial charge in [0.2, 0.25) is 0 Å². The average molecular weight is 330 g/mol. The van der Waals surface area contributed by atoms with Crippen molar-refractivity contribution in [2.75, 3.05) is 5.73 Å². The molecule has 0 bridgehead atoms. The number of hydrogen-bond donors (Lipinski definition) is 1. The maximum absolute atomic E-state index is 14.3. The Bertz CT molecular complexity index is 1090. The Morgan fingerprint density at radius 2 is 1.76 bits per heavy atom. The van der Waals surface area contributed by atoms with Crippen LogP contribution in [0.15, 0.2) is 60.9 Å². The first-order valence-electron chi connectivity index (χ1n) is 7.86. The van der Waals surface area contributed by atoms with Crippen molar-refractivity contribution in [3.63, 3.8) is 0 Å². The fourth-order valence-corrected chi connectivity index (χ4v) is 2.92. The highest BCUT2D eigenvalue weighted by Gasteiger charge is 2.14. The number of halogens is 1. The van der Waals surface area contributed by atoms with E-state index in [1.54, 1.807) is 30.6 Å². The molecule has 4 rings (SSSR count). The molecule has 0 aliphatic heterocycles. The van der Waals surface area contributed by atoms with Crippen LogP contribution in [0.25, 0.3) is 33.3 Å². The summed E-state index contributed by atoms with van der Waals surface area (Å²) in [5.74, 6) is 0.0180. The Morgan fingerprint density at radius 1 is 0.920 bits per heavy atom. The summed E-state index contributed by atoms with van der Waals surface area (Å²) >= 11 is 0. The number of nitrogens with two attached hydrogens (primary N) is 1. The normalized spacial score (nSPS) is 11.0. The summed E-state index contributed by atoms with van der Waals surface area (Å²) in [7, 11) is 0. The molecular formula is C20H15FN4. The topological polar surface area (TPSA) is 64.7 Å². The van der Waals surface area contributed by atoms with Gasteiger partial charge in [0, 0.05) is 22.2 Å². The van der Waals surface area contributed by atoms with Crippen LogP contribution in [0.2, 0.25) is 0 Å². The minimum atomic E-state index is -0.331. The predicted octanol–water partition coefficient (Wildman–Crippen LogP) is 4.39. The van der Waals surface area contributed by atoms with Crippen LogP contribution in [0, 0.1) is 12.7 Å². The third-order valence-electron chi connectivity index (χ3n) is 4.19. The average Bonchev–Trinajstić information content (AvgIpc) is 2.62. The number of hydrogen-bond acceptors (Lipinski definition) is 4. The van der Waals surface area contributed by atoms with Crippen molar-refractivity contribution in [2.24, 2.45) is 0 Å². The van der Waals surface area contributed by atoms with Crippen LogP contribution >= 0.6 is 0 Å². The molecule has 4 aromatic rings. The lowest BCUT2D eigenvalue weighted by molar-refractivity contribution is 0.631. The van der Waals surface area contributed by atoms with E-state index < -0.39 is 0 Å². The van der Waals surface area contributed by atoms with Crippen molar-refractivity contribution in [3.8, 4) is 22.4 Å². The van der Waals surface area contributed by atoms with Crippen LogP contribution in [0.5, 0.6) is 0 Å². The maximum Gasteiger partial charge on any atom is 0.132 e. The molecule has 0 amide bonds. The van der Waals surface area contributed by atoms with Gasteiger partial charge in [-0.1, -0.05) is 18.2 Å². The van der Waals surface area contributed by atoms with E-state index in [0.717, 1.165) is 27.7 Å². The van der Waals surface area contributed by atoms with Gasteiger partial charge in [0.05, 0.1) is 11.2 Å². The predicted molar refractivity (Wildman–Crippen MR) is 97.3 cm³/mol. The molecule has 0 spiro atoms. The van der Waals surface area contributed by atoms with Crippen molar-refractivity contribution < 1.29 is 4.39 Å². The Morgan fingerprint density at radius 3 is 2.60 bits per heavy atom. The molecule has 0 radical (unpaired) electrons. The first-order valence-corrected chi connectivity index (χ1v) is 7.86. The van der Waals surface area contributed by atoms with Gasteiger partial charge in [0.15, 0.2) is 0 Å². The van der Waals surface area contributed by atoms with E-state index in [2.05, 4.69) is 15.0 Å². The molecule has 2 aromatic carbocycles. The van der Waals surface area contributed by atoms with Gasteiger partial charge in [-0.3, -0.25) is 0 Å². The standard InChI is InChI=1S/C20H15FN4/c1-12-16-10-13(6-8-18(16)24-11-23-12)14-7-9-19(22)25-20(14)15-4-2-3-5-17(15)21/h2-11H,1H3,(H2,22,25). The second kappa shape index (κ2) is 5.94. The number of benzene rings is 2. The molecule has 0 atom stereocenters. The Hall–Kier alpha value is -3.34. The molecular weight excluding hydrogens is 315 g/mol. The van der Waals surface area contributed by atoms with Gasteiger partial charge in [-0.05, 0) is 48.9 Å². The van der Waals surface area contributed by atoms with Crippen LogP contribution < -0.4 is 5.73 Å². The van der Waals surface area contributed by atoms with Gasteiger partial charge in [-0.25, -0.2) is 19.3 Å². The second-order valence-electron chi connectivity index (χ2n) is 5.80. The first kappa shape index (κ1) is 15.2. The number of nitrogens with zero attached hydrogens (tertiary/aromatic N) is 3. The summed E-state index contributed by atoms with van der Waals surface area (Å²) in [6.45, 7) is 1.94. The van der Waals surface area contributed by atoms with Crippen LogP contribution in [-0.4, -0.2) is 15.0 Å². The molecule has 0 aliphatic rings. The summed E-state index contributed by atoms with van der Waals surface area (Å²) in [5, 5.41) is 0.955. The van der Waals surface area contributed by atoms with E-state index in [-0.39, 0.29) is 5.82 Å². The van der Waals surface area contributed by atoms with Crippen molar-refractivity contribution in [3.05, 3.63) is 72.4 Å². The monoisotopic (exact) mass is 330 g/mol. The smallest absolute Gasteiger partial charge is 0.132 e. The zero-order valence-corrected chi connectivity index (χ0v) is 13.6. The zero-order chi connectivity index (χ0) is 17.4. The molecule has 2 N–H and O–H groups in total. The van der Waals surface area contributed by atoms with Crippen LogP contribution in [0.1, 0.15) is 5.69 Å². The molecule has 4 nitrogen and oxygen atoms in total. The van der Waals surface area contributed by atoms with Crippen LogP contribution in [-0.2, 0) is 0 Å². The number of fused-ring (bicyclic) bond motifs is 1. The number of nitrogen functional groups attached to an aromatic ring is 1. The molecule has 25 heavy (non-hydrogen) atoms. The lowest BCUT2D eigenvalue weighted by Crippen LogP contribution is -1.97. The number of anilines is 1. The summed E-state index contributed by atoms with van der Waals surface area (Å²) < 4.78 is 14.3. The van der Waals surface area contributed by atoms with Crippen LogP contribution in [0.3, 0.4) is 0 Å². The van der Waals surface area contributed by atoms with E-state index in [4.69, 9.17) is 5.73 Å². The van der Waals surface area contributed by atoms with Crippen molar-refractivity contribution in [1.29, 1.82) is 0 Å². The van der Waals surface area contributed by atoms with Gasteiger partial charge < -0.3 is 5.73 Å².